The Labute approximate surface area is 137 Å². The molecule has 0 aliphatic carbocycles. The van der Waals surface area contributed by atoms with Gasteiger partial charge in [0.05, 0.1) is 22.1 Å². The topological polar surface area (TPSA) is 128 Å². The highest BCUT2D eigenvalue weighted by molar-refractivity contribution is 9.10. The van der Waals surface area contributed by atoms with E-state index in [0.29, 0.717) is 10.0 Å². The summed E-state index contributed by atoms with van der Waals surface area (Å²) in [6.07, 6.45) is 1.09. The second-order valence-electron chi connectivity index (χ2n) is 4.20. The Morgan fingerprint density at radius 1 is 1.09 bits per heavy atom. The van der Waals surface area contributed by atoms with Crippen LogP contribution in [0.4, 0.5) is 11.4 Å². The van der Waals surface area contributed by atoms with Crippen molar-refractivity contribution in [2.24, 2.45) is 5.16 Å². The zero-order valence-electron chi connectivity index (χ0n) is 11.2. The second kappa shape index (κ2) is 6.83. The van der Waals surface area contributed by atoms with E-state index in [1.54, 1.807) is 12.1 Å². The first kappa shape index (κ1) is 16.4. The summed E-state index contributed by atoms with van der Waals surface area (Å²) in [5.74, 6) is 0.0125. The van der Waals surface area contributed by atoms with Gasteiger partial charge < -0.3 is 9.94 Å². The number of ether oxygens (including phenoxy) is 1. The SMILES string of the molecule is O=[N+]([O-])c1ccc(Oc2ccc(Br)cc2/C=N/O)c([N+](=O)[O-])c1. The molecule has 0 aliphatic heterocycles. The van der Waals surface area contributed by atoms with E-state index in [4.69, 9.17) is 9.94 Å². The molecule has 10 heteroatoms. The molecule has 0 aromatic heterocycles. The van der Waals surface area contributed by atoms with E-state index in [9.17, 15) is 20.2 Å². The van der Waals surface area contributed by atoms with Crippen molar-refractivity contribution in [1.29, 1.82) is 0 Å². The summed E-state index contributed by atoms with van der Waals surface area (Å²) in [6, 6.07) is 7.76. The molecule has 0 atom stereocenters. The average molecular weight is 382 g/mol. The third-order valence-corrected chi connectivity index (χ3v) is 3.23. The molecule has 2 aromatic rings. The third kappa shape index (κ3) is 3.80. The molecular formula is C13H8BrN3O6. The number of nitrogens with zero attached hydrogens (tertiary/aromatic N) is 3. The van der Waals surface area contributed by atoms with Crippen molar-refractivity contribution in [1.82, 2.24) is 0 Å². The van der Waals surface area contributed by atoms with Crippen LogP contribution in [0.15, 0.2) is 46.0 Å². The van der Waals surface area contributed by atoms with Gasteiger partial charge in [-0.05, 0) is 24.3 Å². The number of benzene rings is 2. The van der Waals surface area contributed by atoms with Crippen molar-refractivity contribution in [3.05, 3.63) is 66.7 Å². The van der Waals surface area contributed by atoms with Crippen LogP contribution >= 0.6 is 15.9 Å². The van der Waals surface area contributed by atoms with Crippen LogP contribution < -0.4 is 4.74 Å². The Kier molecular flexibility index (Phi) is 4.86. The summed E-state index contributed by atoms with van der Waals surface area (Å²) in [7, 11) is 0. The van der Waals surface area contributed by atoms with Crippen LogP contribution in [0.3, 0.4) is 0 Å². The predicted molar refractivity (Wildman–Crippen MR) is 83.3 cm³/mol. The Morgan fingerprint density at radius 2 is 1.78 bits per heavy atom. The minimum atomic E-state index is -0.777. The van der Waals surface area contributed by atoms with E-state index in [1.165, 1.54) is 6.07 Å². The van der Waals surface area contributed by atoms with Gasteiger partial charge in [0.25, 0.3) is 5.69 Å². The van der Waals surface area contributed by atoms with Gasteiger partial charge in [-0.3, -0.25) is 20.2 Å². The monoisotopic (exact) mass is 381 g/mol. The molecule has 0 bridgehead atoms. The van der Waals surface area contributed by atoms with Crippen molar-refractivity contribution in [2.45, 2.75) is 0 Å². The van der Waals surface area contributed by atoms with Crippen LogP contribution in [-0.4, -0.2) is 21.3 Å². The van der Waals surface area contributed by atoms with E-state index < -0.39 is 21.2 Å². The fourth-order valence-electron chi connectivity index (χ4n) is 1.74. The van der Waals surface area contributed by atoms with Crippen LogP contribution in [0.25, 0.3) is 0 Å². The van der Waals surface area contributed by atoms with Crippen molar-refractivity contribution < 1.29 is 19.8 Å². The smallest absolute Gasteiger partial charge is 0.318 e. The summed E-state index contributed by atoms with van der Waals surface area (Å²) in [5.41, 5.74) is -0.611. The summed E-state index contributed by atoms with van der Waals surface area (Å²) in [4.78, 5) is 20.3. The summed E-state index contributed by atoms with van der Waals surface area (Å²) in [6.45, 7) is 0. The Bertz CT molecular complexity index is 808. The Hall–Kier alpha value is -3.01. The molecule has 0 unspecified atom stereocenters. The van der Waals surface area contributed by atoms with E-state index in [2.05, 4.69) is 21.1 Å². The van der Waals surface area contributed by atoms with Gasteiger partial charge in [0, 0.05) is 16.1 Å². The van der Waals surface area contributed by atoms with Crippen molar-refractivity contribution in [2.75, 3.05) is 0 Å². The molecule has 0 saturated heterocycles. The fraction of sp³-hybridized carbons (Fsp3) is 0. The van der Waals surface area contributed by atoms with E-state index in [1.807, 2.05) is 0 Å². The highest BCUT2D eigenvalue weighted by atomic mass is 79.9. The zero-order valence-corrected chi connectivity index (χ0v) is 12.8. The molecule has 2 rings (SSSR count). The predicted octanol–water partition coefficient (Wildman–Crippen LogP) is 3.87. The molecule has 0 radical (unpaired) electrons. The maximum atomic E-state index is 11.1. The Morgan fingerprint density at radius 3 is 2.39 bits per heavy atom. The molecule has 23 heavy (non-hydrogen) atoms. The lowest BCUT2D eigenvalue weighted by Gasteiger charge is -2.09. The highest BCUT2D eigenvalue weighted by Gasteiger charge is 2.21. The number of halogens is 1. The van der Waals surface area contributed by atoms with Crippen LogP contribution in [0, 0.1) is 20.2 Å². The van der Waals surface area contributed by atoms with Gasteiger partial charge in [-0.25, -0.2) is 0 Å². The molecule has 0 saturated carbocycles. The molecule has 1 N–H and O–H groups in total. The lowest BCUT2D eigenvalue weighted by atomic mass is 10.2. The van der Waals surface area contributed by atoms with Gasteiger partial charge in [-0.2, -0.15) is 0 Å². The lowest BCUT2D eigenvalue weighted by molar-refractivity contribution is -0.394. The summed E-state index contributed by atoms with van der Waals surface area (Å²) < 4.78 is 6.14. The minimum Gasteiger partial charge on any atom is -0.449 e. The first-order valence-electron chi connectivity index (χ1n) is 6.00. The molecule has 2 aromatic carbocycles. The molecular weight excluding hydrogens is 374 g/mol. The highest BCUT2D eigenvalue weighted by Crippen LogP contribution is 2.35. The van der Waals surface area contributed by atoms with Gasteiger partial charge in [-0.15, -0.1) is 0 Å². The molecule has 0 aliphatic rings. The van der Waals surface area contributed by atoms with Gasteiger partial charge in [0.1, 0.15) is 5.75 Å². The van der Waals surface area contributed by atoms with Crippen LogP contribution in [0.2, 0.25) is 0 Å². The fourth-order valence-corrected chi connectivity index (χ4v) is 2.12. The number of nitro benzene ring substituents is 2. The maximum Gasteiger partial charge on any atom is 0.318 e. The quantitative estimate of drug-likeness (QED) is 0.362. The number of hydrogen-bond acceptors (Lipinski definition) is 7. The number of rotatable bonds is 5. The van der Waals surface area contributed by atoms with Crippen molar-refractivity contribution in [3.63, 3.8) is 0 Å². The number of nitro groups is 2. The van der Waals surface area contributed by atoms with E-state index in [-0.39, 0.29) is 11.5 Å². The summed E-state index contributed by atoms with van der Waals surface area (Å²) in [5, 5.41) is 33.3. The first-order chi connectivity index (χ1) is 10.9. The van der Waals surface area contributed by atoms with Crippen molar-refractivity contribution in [3.8, 4) is 11.5 Å². The third-order valence-electron chi connectivity index (χ3n) is 2.74. The van der Waals surface area contributed by atoms with E-state index >= 15 is 0 Å². The largest absolute Gasteiger partial charge is 0.449 e. The molecule has 0 spiro atoms. The van der Waals surface area contributed by atoms with Gasteiger partial charge >= 0.3 is 5.69 Å². The molecule has 118 valence electrons. The number of oxime groups is 1. The molecule has 0 heterocycles. The molecule has 0 fully saturated rings. The first-order valence-corrected chi connectivity index (χ1v) is 6.79. The van der Waals surface area contributed by atoms with Crippen LogP contribution in [-0.2, 0) is 0 Å². The van der Waals surface area contributed by atoms with E-state index in [0.717, 1.165) is 24.4 Å². The summed E-state index contributed by atoms with van der Waals surface area (Å²) >= 11 is 3.23. The number of hydrogen-bond donors (Lipinski definition) is 1. The van der Waals surface area contributed by atoms with Gasteiger partial charge in [-0.1, -0.05) is 21.1 Å². The standard InChI is InChI=1S/C13H8BrN3O6/c14-9-1-3-12(8(5-9)7-15-18)23-13-4-2-10(16(19)20)6-11(13)17(21)22/h1-7,18H/b15-7+. The van der Waals surface area contributed by atoms with Crippen LogP contribution in [0.5, 0.6) is 11.5 Å². The average Bonchev–Trinajstić information content (AvgIpc) is 2.50. The minimum absolute atomic E-state index is 0.171. The van der Waals surface area contributed by atoms with Gasteiger partial charge in [0.15, 0.2) is 0 Å². The maximum absolute atomic E-state index is 11.1. The number of non-ortho nitro benzene ring substituents is 1. The lowest BCUT2D eigenvalue weighted by Crippen LogP contribution is -1.97. The van der Waals surface area contributed by atoms with Crippen LogP contribution in [0.1, 0.15) is 5.56 Å². The normalized spacial score (nSPS) is 10.7. The second-order valence-corrected chi connectivity index (χ2v) is 5.11. The molecule has 0 amide bonds. The van der Waals surface area contributed by atoms with Gasteiger partial charge in [0.2, 0.25) is 5.75 Å². The van der Waals surface area contributed by atoms with Crippen molar-refractivity contribution >= 4 is 33.5 Å². The molecule has 9 nitrogen and oxygen atoms in total. The zero-order chi connectivity index (χ0) is 17.0. The Balaban J connectivity index is 2.48.